The number of unbranched alkanes of at least 4 members (excludes halogenated alkanes) is 2. The van der Waals surface area contributed by atoms with Crippen molar-refractivity contribution >= 4 is 5.97 Å². The normalized spacial score (nSPS) is 8.18. The number of hydrogen-bond acceptors (Lipinski definition) is 2. The van der Waals surface area contributed by atoms with E-state index >= 15 is 0 Å². The highest BCUT2D eigenvalue weighted by atomic mass is 16.5. The monoisotopic (exact) mass is 154 g/mol. The van der Waals surface area contributed by atoms with E-state index in [1.165, 1.54) is 0 Å². The van der Waals surface area contributed by atoms with Gasteiger partial charge in [-0.25, -0.2) is 4.79 Å². The van der Waals surface area contributed by atoms with E-state index in [1.807, 2.05) is 0 Å². The van der Waals surface area contributed by atoms with Crippen LogP contribution in [0.15, 0.2) is 0 Å². The van der Waals surface area contributed by atoms with Crippen LogP contribution in [-0.2, 0) is 9.53 Å². The molecule has 0 fully saturated rings. The number of ether oxygens (including phenoxy) is 1. The minimum Gasteiger partial charge on any atom is -0.456 e. The van der Waals surface area contributed by atoms with Crippen molar-refractivity contribution in [3.63, 3.8) is 0 Å². The Balaban J connectivity index is 3.22. The van der Waals surface area contributed by atoms with Crippen molar-refractivity contribution < 1.29 is 9.53 Å². The fourth-order valence-electron chi connectivity index (χ4n) is 0.655. The van der Waals surface area contributed by atoms with Gasteiger partial charge in [-0.15, -0.1) is 0 Å². The molecule has 0 aromatic rings. The van der Waals surface area contributed by atoms with Crippen molar-refractivity contribution in [2.75, 3.05) is 6.61 Å². The molecule has 0 atom stereocenters. The highest BCUT2D eigenvalue weighted by Crippen LogP contribution is 1.93. The molecule has 0 spiro atoms. The standard InChI is InChI=1S/C9H14O2/c1-3-5-6-8-11-9(10)7-4-2/h3,5-6,8H2,1-2H3. The van der Waals surface area contributed by atoms with Crippen LogP contribution in [0, 0.1) is 11.8 Å². The smallest absolute Gasteiger partial charge is 0.384 e. The zero-order chi connectivity index (χ0) is 8.53. The Bertz CT molecular complexity index is 162. The van der Waals surface area contributed by atoms with Gasteiger partial charge < -0.3 is 4.74 Å². The Morgan fingerprint density at radius 3 is 2.73 bits per heavy atom. The molecule has 0 amide bonds. The largest absolute Gasteiger partial charge is 0.456 e. The molecule has 0 heterocycles. The van der Waals surface area contributed by atoms with Gasteiger partial charge in [-0.3, -0.25) is 0 Å². The van der Waals surface area contributed by atoms with Gasteiger partial charge in [0, 0.05) is 5.92 Å². The van der Waals surface area contributed by atoms with Gasteiger partial charge in [-0.2, -0.15) is 0 Å². The van der Waals surface area contributed by atoms with E-state index in [0.29, 0.717) is 6.61 Å². The Morgan fingerprint density at radius 2 is 2.18 bits per heavy atom. The minimum atomic E-state index is -0.413. The molecule has 0 aliphatic rings. The summed E-state index contributed by atoms with van der Waals surface area (Å²) in [5.41, 5.74) is 0. The SMILES string of the molecule is CC#CC(=O)OCCCCC. The van der Waals surface area contributed by atoms with Crippen LogP contribution in [0.1, 0.15) is 33.1 Å². The lowest BCUT2D eigenvalue weighted by molar-refractivity contribution is -0.136. The third kappa shape index (κ3) is 6.92. The molecule has 2 nitrogen and oxygen atoms in total. The van der Waals surface area contributed by atoms with Crippen LogP contribution >= 0.6 is 0 Å². The molecule has 0 bridgehead atoms. The summed E-state index contributed by atoms with van der Waals surface area (Å²) >= 11 is 0. The summed E-state index contributed by atoms with van der Waals surface area (Å²) in [4.78, 5) is 10.6. The van der Waals surface area contributed by atoms with Gasteiger partial charge in [0.15, 0.2) is 0 Å². The summed E-state index contributed by atoms with van der Waals surface area (Å²) in [6.07, 6.45) is 3.18. The Kier molecular flexibility index (Phi) is 6.51. The summed E-state index contributed by atoms with van der Waals surface area (Å²) < 4.78 is 4.77. The average Bonchev–Trinajstić information content (AvgIpc) is 1.99. The fraction of sp³-hybridized carbons (Fsp3) is 0.667. The molecule has 11 heavy (non-hydrogen) atoms. The van der Waals surface area contributed by atoms with Gasteiger partial charge in [0.1, 0.15) is 0 Å². The highest BCUT2D eigenvalue weighted by molar-refractivity contribution is 5.88. The number of carbonyl (C=O) groups excluding carboxylic acids is 1. The van der Waals surface area contributed by atoms with Gasteiger partial charge >= 0.3 is 5.97 Å². The van der Waals surface area contributed by atoms with E-state index in [4.69, 9.17) is 4.74 Å². The number of esters is 1. The van der Waals surface area contributed by atoms with E-state index < -0.39 is 5.97 Å². The maximum atomic E-state index is 10.6. The summed E-state index contributed by atoms with van der Waals surface area (Å²) in [5.74, 6) is 4.38. The predicted molar refractivity (Wildman–Crippen MR) is 43.9 cm³/mol. The van der Waals surface area contributed by atoms with Gasteiger partial charge in [0.25, 0.3) is 0 Å². The second-order valence-corrected chi connectivity index (χ2v) is 2.22. The summed E-state index contributed by atoms with van der Waals surface area (Å²) in [6, 6.07) is 0. The fourth-order valence-corrected chi connectivity index (χ4v) is 0.655. The number of rotatable bonds is 4. The third-order valence-corrected chi connectivity index (χ3v) is 1.21. The molecule has 0 radical (unpaired) electrons. The van der Waals surface area contributed by atoms with Gasteiger partial charge in [-0.1, -0.05) is 25.7 Å². The number of carbonyl (C=O) groups is 1. The van der Waals surface area contributed by atoms with Crippen LogP contribution < -0.4 is 0 Å². The van der Waals surface area contributed by atoms with Crippen molar-refractivity contribution in [2.24, 2.45) is 0 Å². The van der Waals surface area contributed by atoms with Crippen LogP contribution in [0.25, 0.3) is 0 Å². The third-order valence-electron chi connectivity index (χ3n) is 1.21. The number of hydrogen-bond donors (Lipinski definition) is 0. The molecule has 0 unspecified atom stereocenters. The lowest BCUT2D eigenvalue weighted by Gasteiger charge is -1.97. The molecule has 0 saturated heterocycles. The van der Waals surface area contributed by atoms with Crippen LogP contribution in [0.5, 0.6) is 0 Å². The second kappa shape index (κ2) is 7.14. The van der Waals surface area contributed by atoms with Crippen molar-refractivity contribution in [1.82, 2.24) is 0 Å². The Morgan fingerprint density at radius 1 is 1.45 bits per heavy atom. The molecule has 0 N–H and O–H groups in total. The molecule has 0 rings (SSSR count). The van der Waals surface area contributed by atoms with Crippen molar-refractivity contribution in [3.05, 3.63) is 0 Å². The van der Waals surface area contributed by atoms with E-state index in [1.54, 1.807) is 6.92 Å². The molecular formula is C9H14O2. The van der Waals surface area contributed by atoms with Gasteiger partial charge in [-0.05, 0) is 13.3 Å². The van der Waals surface area contributed by atoms with Gasteiger partial charge in [0.05, 0.1) is 6.61 Å². The maximum Gasteiger partial charge on any atom is 0.384 e. The van der Waals surface area contributed by atoms with Crippen LogP contribution in [0.2, 0.25) is 0 Å². The molecule has 0 aliphatic carbocycles. The van der Waals surface area contributed by atoms with Crippen molar-refractivity contribution in [2.45, 2.75) is 33.1 Å². The molecule has 62 valence electrons. The zero-order valence-electron chi connectivity index (χ0n) is 7.14. The topological polar surface area (TPSA) is 26.3 Å². The zero-order valence-corrected chi connectivity index (χ0v) is 7.14. The molecule has 0 aromatic carbocycles. The lowest BCUT2D eigenvalue weighted by Crippen LogP contribution is -2.02. The Labute approximate surface area is 67.9 Å². The maximum absolute atomic E-state index is 10.6. The van der Waals surface area contributed by atoms with Crippen LogP contribution in [-0.4, -0.2) is 12.6 Å². The van der Waals surface area contributed by atoms with E-state index in [2.05, 4.69) is 18.8 Å². The molecular weight excluding hydrogens is 140 g/mol. The van der Waals surface area contributed by atoms with E-state index in [9.17, 15) is 4.79 Å². The Hall–Kier alpha value is -0.970. The summed E-state index contributed by atoms with van der Waals surface area (Å²) in [5, 5.41) is 0. The summed E-state index contributed by atoms with van der Waals surface area (Å²) in [6.45, 7) is 4.22. The lowest BCUT2D eigenvalue weighted by atomic mass is 10.3. The quantitative estimate of drug-likeness (QED) is 0.267. The molecule has 0 aliphatic heterocycles. The average molecular weight is 154 g/mol. The van der Waals surface area contributed by atoms with Crippen molar-refractivity contribution in [3.8, 4) is 11.8 Å². The summed E-state index contributed by atoms with van der Waals surface area (Å²) in [7, 11) is 0. The first kappa shape index (κ1) is 10.0. The minimum absolute atomic E-state index is 0.413. The highest BCUT2D eigenvalue weighted by Gasteiger charge is 1.94. The first-order valence-corrected chi connectivity index (χ1v) is 3.90. The van der Waals surface area contributed by atoms with Crippen LogP contribution in [0.4, 0.5) is 0 Å². The van der Waals surface area contributed by atoms with E-state index in [0.717, 1.165) is 19.3 Å². The first-order chi connectivity index (χ1) is 5.31. The predicted octanol–water partition coefficient (Wildman–Crippen LogP) is 1.74. The van der Waals surface area contributed by atoms with Crippen LogP contribution in [0.3, 0.4) is 0 Å². The van der Waals surface area contributed by atoms with Gasteiger partial charge in [0.2, 0.25) is 0 Å². The molecule has 2 heteroatoms. The van der Waals surface area contributed by atoms with E-state index in [-0.39, 0.29) is 0 Å². The first-order valence-electron chi connectivity index (χ1n) is 3.90. The second-order valence-electron chi connectivity index (χ2n) is 2.22. The molecule has 0 aromatic heterocycles. The van der Waals surface area contributed by atoms with Crippen molar-refractivity contribution in [1.29, 1.82) is 0 Å². The molecule has 0 saturated carbocycles.